The lowest BCUT2D eigenvalue weighted by Gasteiger charge is -2.07. The first-order valence-electron chi connectivity index (χ1n) is 8.61. The van der Waals surface area contributed by atoms with Crippen LogP contribution in [0.1, 0.15) is 20.8 Å². The van der Waals surface area contributed by atoms with Gasteiger partial charge in [-0.15, -0.1) is 0 Å². The molecule has 2 heterocycles. The van der Waals surface area contributed by atoms with Crippen LogP contribution in [0.2, 0.25) is 0 Å². The van der Waals surface area contributed by atoms with E-state index in [1.807, 2.05) is 48.5 Å². The number of imidazole rings is 1. The molecule has 2 aromatic carbocycles. The second-order valence-corrected chi connectivity index (χ2v) is 6.09. The van der Waals surface area contributed by atoms with Crippen molar-refractivity contribution in [1.82, 2.24) is 14.5 Å². The van der Waals surface area contributed by atoms with Crippen LogP contribution in [0.3, 0.4) is 0 Å². The molecule has 140 valence electrons. The van der Waals surface area contributed by atoms with E-state index in [0.29, 0.717) is 11.3 Å². The molecule has 0 radical (unpaired) electrons. The number of fused-ring (bicyclic) bond motifs is 1. The first-order valence-corrected chi connectivity index (χ1v) is 8.61. The van der Waals surface area contributed by atoms with Crippen molar-refractivity contribution in [2.45, 2.75) is 0 Å². The van der Waals surface area contributed by atoms with E-state index >= 15 is 0 Å². The van der Waals surface area contributed by atoms with Crippen molar-refractivity contribution in [3.05, 3.63) is 78.5 Å². The molecular formula is C21H17N3O4. The van der Waals surface area contributed by atoms with Crippen molar-refractivity contribution < 1.29 is 19.1 Å². The lowest BCUT2D eigenvalue weighted by Crippen LogP contribution is -2.14. The number of hydrogen-bond acceptors (Lipinski definition) is 5. The van der Waals surface area contributed by atoms with Gasteiger partial charge in [0.05, 0.1) is 12.8 Å². The maximum absolute atomic E-state index is 12.4. The number of aromatic nitrogens is 3. The normalized spacial score (nSPS) is 10.8. The average molecular weight is 375 g/mol. The summed E-state index contributed by atoms with van der Waals surface area (Å²) >= 11 is 0. The van der Waals surface area contributed by atoms with Crippen LogP contribution in [0.4, 0.5) is 0 Å². The molecule has 0 aliphatic heterocycles. The predicted molar refractivity (Wildman–Crippen MR) is 103 cm³/mol. The van der Waals surface area contributed by atoms with Gasteiger partial charge in [0.15, 0.2) is 12.3 Å². The smallest absolute Gasteiger partial charge is 0.358 e. The van der Waals surface area contributed by atoms with E-state index in [4.69, 9.17) is 9.47 Å². The zero-order valence-electron chi connectivity index (χ0n) is 15.1. The second-order valence-electron chi connectivity index (χ2n) is 6.09. The summed E-state index contributed by atoms with van der Waals surface area (Å²) in [4.78, 5) is 31.8. The number of esters is 1. The molecule has 0 atom stereocenters. The highest BCUT2D eigenvalue weighted by Gasteiger charge is 2.17. The Kier molecular flexibility index (Phi) is 4.63. The zero-order chi connectivity index (χ0) is 19.5. The van der Waals surface area contributed by atoms with Crippen LogP contribution in [0.15, 0.2) is 67.3 Å². The summed E-state index contributed by atoms with van der Waals surface area (Å²) in [5.74, 6) is -0.300. The van der Waals surface area contributed by atoms with Gasteiger partial charge in [0.1, 0.15) is 12.1 Å². The molecule has 2 aromatic heterocycles. The summed E-state index contributed by atoms with van der Waals surface area (Å²) in [6, 6.07) is 14.8. The molecule has 0 saturated heterocycles. The Morgan fingerprint density at radius 3 is 2.75 bits per heavy atom. The molecule has 7 nitrogen and oxygen atoms in total. The fraction of sp³-hybridized carbons (Fsp3) is 0.0952. The van der Waals surface area contributed by atoms with E-state index in [1.165, 1.54) is 12.5 Å². The number of carbonyl (C=O) groups excluding carboxylic acids is 2. The molecular weight excluding hydrogens is 358 g/mol. The van der Waals surface area contributed by atoms with Gasteiger partial charge < -0.3 is 19.0 Å². The number of nitrogens with zero attached hydrogens (tertiary/aromatic N) is 2. The van der Waals surface area contributed by atoms with Crippen molar-refractivity contribution in [3.63, 3.8) is 0 Å². The number of para-hydroxylation sites is 3. The van der Waals surface area contributed by atoms with Crippen molar-refractivity contribution in [2.75, 3.05) is 13.7 Å². The fourth-order valence-corrected chi connectivity index (χ4v) is 2.99. The van der Waals surface area contributed by atoms with Gasteiger partial charge in [0.25, 0.3) is 0 Å². The Balaban J connectivity index is 1.46. The highest BCUT2D eigenvalue weighted by molar-refractivity contribution is 6.09. The minimum Gasteiger partial charge on any atom is -0.495 e. The number of benzene rings is 2. The number of carbonyl (C=O) groups is 2. The van der Waals surface area contributed by atoms with Crippen molar-refractivity contribution >= 4 is 22.7 Å². The Morgan fingerprint density at radius 2 is 1.89 bits per heavy atom. The molecule has 0 spiro atoms. The predicted octanol–water partition coefficient (Wildman–Crippen LogP) is 3.40. The molecule has 0 fully saturated rings. The first-order chi connectivity index (χ1) is 13.7. The van der Waals surface area contributed by atoms with E-state index < -0.39 is 5.97 Å². The lowest BCUT2D eigenvalue weighted by molar-refractivity contribution is 0.0470. The zero-order valence-corrected chi connectivity index (χ0v) is 15.1. The number of rotatable bonds is 6. The monoisotopic (exact) mass is 375 g/mol. The SMILES string of the molecule is COc1ccccc1-n1cnc(C(=O)OCC(=O)c2c[nH]c3ccccc23)c1. The molecule has 0 aliphatic carbocycles. The number of methoxy groups -OCH3 is 1. The molecule has 0 aliphatic rings. The van der Waals surface area contributed by atoms with E-state index in [1.54, 1.807) is 17.9 Å². The first kappa shape index (κ1) is 17.5. The van der Waals surface area contributed by atoms with Crippen LogP contribution in [-0.2, 0) is 4.74 Å². The third-order valence-corrected chi connectivity index (χ3v) is 4.38. The van der Waals surface area contributed by atoms with Crippen LogP contribution in [0.25, 0.3) is 16.6 Å². The van der Waals surface area contributed by atoms with Gasteiger partial charge in [-0.1, -0.05) is 30.3 Å². The molecule has 0 bridgehead atoms. The molecule has 4 rings (SSSR count). The molecule has 0 unspecified atom stereocenters. The summed E-state index contributed by atoms with van der Waals surface area (Å²) in [7, 11) is 1.57. The number of ketones is 1. The number of hydrogen-bond donors (Lipinski definition) is 1. The summed E-state index contributed by atoms with van der Waals surface area (Å²) in [5.41, 5.74) is 2.19. The Labute approximate surface area is 160 Å². The quantitative estimate of drug-likeness (QED) is 0.412. The molecule has 4 aromatic rings. The van der Waals surface area contributed by atoms with Gasteiger partial charge in [-0.2, -0.15) is 0 Å². The maximum Gasteiger partial charge on any atom is 0.358 e. The Hall–Kier alpha value is -3.87. The minimum atomic E-state index is -0.665. The van der Waals surface area contributed by atoms with Gasteiger partial charge in [-0.25, -0.2) is 9.78 Å². The van der Waals surface area contributed by atoms with Crippen molar-refractivity contribution in [2.24, 2.45) is 0 Å². The third kappa shape index (κ3) is 3.25. The molecule has 1 N–H and O–H groups in total. The van der Waals surface area contributed by atoms with E-state index in [2.05, 4.69) is 9.97 Å². The van der Waals surface area contributed by atoms with E-state index in [0.717, 1.165) is 16.6 Å². The van der Waals surface area contributed by atoms with Gasteiger partial charge in [0, 0.05) is 28.9 Å². The van der Waals surface area contributed by atoms with E-state index in [9.17, 15) is 9.59 Å². The number of aromatic amines is 1. The Bertz CT molecular complexity index is 1160. The van der Waals surface area contributed by atoms with Gasteiger partial charge in [-0.3, -0.25) is 4.79 Å². The lowest BCUT2D eigenvalue weighted by atomic mass is 10.1. The summed E-state index contributed by atoms with van der Waals surface area (Å²) in [6.07, 6.45) is 4.66. The molecule has 28 heavy (non-hydrogen) atoms. The van der Waals surface area contributed by atoms with Crippen LogP contribution < -0.4 is 4.74 Å². The minimum absolute atomic E-state index is 0.109. The second kappa shape index (κ2) is 7.40. The fourth-order valence-electron chi connectivity index (χ4n) is 2.99. The third-order valence-electron chi connectivity index (χ3n) is 4.38. The van der Waals surface area contributed by atoms with Gasteiger partial charge >= 0.3 is 5.97 Å². The highest BCUT2D eigenvalue weighted by atomic mass is 16.5. The maximum atomic E-state index is 12.4. The van der Waals surface area contributed by atoms with Crippen LogP contribution >= 0.6 is 0 Å². The van der Waals surface area contributed by atoms with Crippen molar-refractivity contribution in [1.29, 1.82) is 0 Å². The number of nitrogens with one attached hydrogen (secondary N) is 1. The van der Waals surface area contributed by atoms with Crippen molar-refractivity contribution in [3.8, 4) is 11.4 Å². The molecule has 0 saturated carbocycles. The molecule has 0 amide bonds. The van der Waals surface area contributed by atoms with Gasteiger partial charge in [-0.05, 0) is 18.2 Å². The van der Waals surface area contributed by atoms with E-state index in [-0.39, 0.29) is 18.1 Å². The Morgan fingerprint density at radius 1 is 1.11 bits per heavy atom. The largest absolute Gasteiger partial charge is 0.495 e. The summed E-state index contributed by atoms with van der Waals surface area (Å²) < 4.78 is 12.1. The summed E-state index contributed by atoms with van der Waals surface area (Å²) in [5, 5.41) is 0.795. The topological polar surface area (TPSA) is 86.2 Å². The number of ether oxygens (including phenoxy) is 2. The highest BCUT2D eigenvalue weighted by Crippen LogP contribution is 2.22. The number of Topliss-reactive ketones (excluding diaryl/α,β-unsaturated/α-hetero) is 1. The van der Waals surface area contributed by atoms with Crippen LogP contribution in [0, 0.1) is 0 Å². The average Bonchev–Trinajstić information content (AvgIpc) is 3.39. The van der Waals surface area contributed by atoms with Crippen LogP contribution in [0.5, 0.6) is 5.75 Å². The van der Waals surface area contributed by atoms with Crippen LogP contribution in [-0.4, -0.2) is 40.0 Å². The number of H-pyrrole nitrogens is 1. The standard InChI is InChI=1S/C21H17N3O4/c1-27-20-9-5-4-8-18(20)24-11-17(23-13-24)21(26)28-12-19(25)15-10-22-16-7-3-2-6-14(15)16/h2-11,13,22H,12H2,1H3. The summed E-state index contributed by atoms with van der Waals surface area (Å²) in [6.45, 7) is -0.359. The molecule has 7 heteroatoms. The van der Waals surface area contributed by atoms with Gasteiger partial charge in [0.2, 0.25) is 5.78 Å².